The third-order valence-corrected chi connectivity index (χ3v) is 5.36. The molecule has 3 rings (SSSR count). The molecule has 0 amide bonds. The van der Waals surface area contributed by atoms with Gasteiger partial charge in [0.05, 0.1) is 17.0 Å². The molecule has 0 saturated carbocycles. The van der Waals surface area contributed by atoms with Crippen LogP contribution in [0.25, 0.3) is 11.3 Å². The van der Waals surface area contributed by atoms with Crippen LogP contribution in [-0.4, -0.2) is 29.7 Å². The summed E-state index contributed by atoms with van der Waals surface area (Å²) >= 11 is 13.4. The predicted molar refractivity (Wildman–Crippen MR) is 120 cm³/mol. The molecule has 0 fully saturated rings. The van der Waals surface area contributed by atoms with Crippen LogP contribution in [0.4, 0.5) is 5.69 Å². The Morgan fingerprint density at radius 2 is 1.93 bits per heavy atom. The van der Waals surface area contributed by atoms with Crippen molar-refractivity contribution in [3.05, 3.63) is 57.1 Å². The van der Waals surface area contributed by atoms with Gasteiger partial charge in [0.15, 0.2) is 0 Å². The van der Waals surface area contributed by atoms with E-state index in [0.29, 0.717) is 37.7 Å². The molecule has 0 bridgehead atoms. The molecule has 8 heteroatoms. The highest BCUT2D eigenvalue weighted by molar-refractivity contribution is 7.08. The van der Waals surface area contributed by atoms with E-state index < -0.39 is 0 Å². The van der Waals surface area contributed by atoms with Gasteiger partial charge in [-0.1, -0.05) is 23.2 Å². The second-order valence-corrected chi connectivity index (χ2v) is 8.22. The van der Waals surface area contributed by atoms with Crippen molar-refractivity contribution in [3.8, 4) is 28.1 Å². The van der Waals surface area contributed by atoms with Gasteiger partial charge in [-0.3, -0.25) is 0 Å². The molecule has 2 aromatic carbocycles. The van der Waals surface area contributed by atoms with Crippen LogP contribution >= 0.6 is 34.7 Å². The molecule has 0 aliphatic rings. The van der Waals surface area contributed by atoms with Crippen LogP contribution in [0.2, 0.25) is 10.0 Å². The molecule has 5 nitrogen and oxygen atoms in total. The summed E-state index contributed by atoms with van der Waals surface area (Å²) in [7, 11) is 3.84. The number of aryl methyl sites for hydroxylation is 2. The first-order valence-corrected chi connectivity index (χ1v) is 10.2. The molecule has 29 heavy (non-hydrogen) atoms. The normalized spacial score (nSPS) is 10.9. The largest absolute Gasteiger partial charge is 0.443 e. The number of ether oxygens (including phenoxy) is 1. The number of hydrogen-bond acceptors (Lipinski definition) is 5. The zero-order valence-electron chi connectivity index (χ0n) is 16.3. The lowest BCUT2D eigenvalue weighted by Crippen LogP contribution is -2.07. The van der Waals surface area contributed by atoms with Crippen molar-refractivity contribution in [2.75, 3.05) is 14.1 Å². The molecule has 0 spiro atoms. The van der Waals surface area contributed by atoms with Gasteiger partial charge < -0.3 is 9.64 Å². The predicted octanol–water partition coefficient (Wildman–Crippen LogP) is 6.62. The molecule has 0 atom stereocenters. The highest BCUT2D eigenvalue weighted by atomic mass is 35.5. The van der Waals surface area contributed by atoms with Gasteiger partial charge >= 0.3 is 0 Å². The standard InChI is InChI=1S/C21H18Cl2N4OS/c1-12-8-19(13(2)7-18(12)25-11-27(3)4)28-21-16(10-24)20(26-29-21)15-6-5-14(22)9-17(15)23/h5-9,11H,1-4H3/b25-11-. The van der Waals surface area contributed by atoms with Crippen molar-refractivity contribution >= 4 is 46.8 Å². The van der Waals surface area contributed by atoms with Gasteiger partial charge in [0.1, 0.15) is 23.1 Å². The van der Waals surface area contributed by atoms with Crippen molar-refractivity contribution in [1.29, 1.82) is 5.26 Å². The average Bonchev–Trinajstić information content (AvgIpc) is 3.05. The highest BCUT2D eigenvalue weighted by Crippen LogP contribution is 2.41. The van der Waals surface area contributed by atoms with E-state index in [2.05, 4.69) is 15.4 Å². The van der Waals surface area contributed by atoms with Gasteiger partial charge in [-0.05, 0) is 55.3 Å². The number of nitrogens with zero attached hydrogens (tertiary/aromatic N) is 4. The molecule has 3 aromatic rings. The van der Waals surface area contributed by atoms with Gasteiger partial charge in [0.25, 0.3) is 0 Å². The molecular weight excluding hydrogens is 427 g/mol. The third-order valence-electron chi connectivity index (χ3n) is 4.08. The van der Waals surface area contributed by atoms with Crippen LogP contribution in [0.1, 0.15) is 16.7 Å². The second-order valence-electron chi connectivity index (χ2n) is 6.64. The molecule has 1 aromatic heterocycles. The van der Waals surface area contributed by atoms with E-state index >= 15 is 0 Å². The van der Waals surface area contributed by atoms with Crippen LogP contribution < -0.4 is 4.74 Å². The minimum atomic E-state index is 0.339. The Kier molecular flexibility index (Phi) is 6.43. The average molecular weight is 445 g/mol. The number of nitriles is 1. The van der Waals surface area contributed by atoms with Crippen LogP contribution in [0.3, 0.4) is 0 Å². The topological polar surface area (TPSA) is 61.5 Å². The van der Waals surface area contributed by atoms with Gasteiger partial charge in [-0.2, -0.15) is 9.64 Å². The van der Waals surface area contributed by atoms with Crippen molar-refractivity contribution in [1.82, 2.24) is 9.27 Å². The minimum Gasteiger partial charge on any atom is -0.443 e. The lowest BCUT2D eigenvalue weighted by atomic mass is 10.1. The van der Waals surface area contributed by atoms with Crippen molar-refractivity contribution < 1.29 is 4.74 Å². The van der Waals surface area contributed by atoms with E-state index in [1.165, 1.54) is 0 Å². The molecule has 1 heterocycles. The van der Waals surface area contributed by atoms with E-state index in [1.807, 2.05) is 45.0 Å². The third kappa shape index (κ3) is 4.70. The van der Waals surface area contributed by atoms with E-state index in [4.69, 9.17) is 27.9 Å². The molecule has 0 N–H and O–H groups in total. The molecular formula is C21H18Cl2N4OS. The number of aromatic nitrogens is 1. The Morgan fingerprint density at radius 1 is 1.17 bits per heavy atom. The van der Waals surface area contributed by atoms with Crippen LogP contribution in [0.15, 0.2) is 35.3 Å². The van der Waals surface area contributed by atoms with Crippen molar-refractivity contribution in [2.45, 2.75) is 13.8 Å². The molecule has 0 aliphatic carbocycles. The SMILES string of the molecule is Cc1cc(Oc2snc(-c3ccc(Cl)cc3Cl)c2C#N)c(C)cc1/N=C\N(C)C. The van der Waals surface area contributed by atoms with Gasteiger partial charge in [-0.25, -0.2) is 4.99 Å². The van der Waals surface area contributed by atoms with E-state index in [-0.39, 0.29) is 0 Å². The van der Waals surface area contributed by atoms with Gasteiger partial charge in [0.2, 0.25) is 5.06 Å². The number of rotatable bonds is 5. The molecule has 148 valence electrons. The molecule has 0 radical (unpaired) electrons. The minimum absolute atomic E-state index is 0.339. The summed E-state index contributed by atoms with van der Waals surface area (Å²) < 4.78 is 10.5. The summed E-state index contributed by atoms with van der Waals surface area (Å²) in [6.45, 7) is 3.90. The monoisotopic (exact) mass is 444 g/mol. The second kappa shape index (κ2) is 8.83. The number of hydrogen-bond donors (Lipinski definition) is 0. The Labute approximate surface area is 184 Å². The first-order valence-electron chi connectivity index (χ1n) is 8.65. The number of benzene rings is 2. The molecule has 0 saturated heterocycles. The number of halogens is 2. The summed E-state index contributed by atoms with van der Waals surface area (Å²) in [6, 6.07) is 11.1. The summed E-state index contributed by atoms with van der Waals surface area (Å²) in [5.41, 5.74) is 4.20. The van der Waals surface area contributed by atoms with Crippen molar-refractivity contribution in [3.63, 3.8) is 0 Å². The van der Waals surface area contributed by atoms with Crippen LogP contribution in [0, 0.1) is 25.2 Å². The van der Waals surface area contributed by atoms with Gasteiger partial charge in [-0.15, -0.1) is 0 Å². The Morgan fingerprint density at radius 3 is 2.59 bits per heavy atom. The summed E-state index contributed by atoms with van der Waals surface area (Å²) in [6.07, 6.45) is 1.75. The lowest BCUT2D eigenvalue weighted by Gasteiger charge is -2.11. The van der Waals surface area contributed by atoms with E-state index in [0.717, 1.165) is 28.3 Å². The quantitative estimate of drug-likeness (QED) is 0.327. The zero-order chi connectivity index (χ0) is 21.1. The lowest BCUT2D eigenvalue weighted by molar-refractivity contribution is 0.491. The maximum Gasteiger partial charge on any atom is 0.218 e. The Bertz CT molecular complexity index is 1130. The molecule has 0 aliphatic heterocycles. The first kappa shape index (κ1) is 21.1. The van der Waals surface area contributed by atoms with Crippen LogP contribution in [-0.2, 0) is 0 Å². The summed E-state index contributed by atoms with van der Waals surface area (Å²) in [5, 5.41) is 11.1. The Balaban J connectivity index is 1.97. The fourth-order valence-electron chi connectivity index (χ4n) is 2.61. The smallest absolute Gasteiger partial charge is 0.218 e. The highest BCUT2D eigenvalue weighted by Gasteiger charge is 2.20. The number of aliphatic imine (C=N–C) groups is 1. The summed E-state index contributed by atoms with van der Waals surface area (Å²) in [4.78, 5) is 6.34. The fraction of sp³-hybridized carbons (Fsp3) is 0.190. The Hall–Kier alpha value is -2.59. The summed E-state index contributed by atoms with van der Waals surface area (Å²) in [5.74, 6) is 0.653. The zero-order valence-corrected chi connectivity index (χ0v) is 18.7. The van der Waals surface area contributed by atoms with E-state index in [9.17, 15) is 5.26 Å². The van der Waals surface area contributed by atoms with Gasteiger partial charge in [0, 0.05) is 36.2 Å². The first-order chi connectivity index (χ1) is 13.8. The van der Waals surface area contributed by atoms with E-state index in [1.54, 1.807) is 24.5 Å². The maximum atomic E-state index is 9.71. The maximum absolute atomic E-state index is 9.71. The van der Waals surface area contributed by atoms with Crippen LogP contribution in [0.5, 0.6) is 10.8 Å². The molecule has 0 unspecified atom stereocenters. The van der Waals surface area contributed by atoms with Crippen molar-refractivity contribution in [2.24, 2.45) is 4.99 Å². The fourth-order valence-corrected chi connectivity index (χ4v) is 3.83.